The number of imide groups is 1. The van der Waals surface area contributed by atoms with Gasteiger partial charge in [0, 0.05) is 0 Å². The van der Waals surface area contributed by atoms with Crippen LogP contribution < -0.4 is 4.90 Å². The van der Waals surface area contributed by atoms with E-state index in [4.69, 9.17) is 4.42 Å². The van der Waals surface area contributed by atoms with E-state index in [2.05, 4.69) is 15.2 Å². The second-order valence-electron chi connectivity index (χ2n) is 5.13. The van der Waals surface area contributed by atoms with E-state index in [-0.39, 0.29) is 37.0 Å². The van der Waals surface area contributed by atoms with Crippen LogP contribution in [-0.4, -0.2) is 27.0 Å². The maximum Gasteiger partial charge on any atom is 0.258 e. The zero-order valence-electron chi connectivity index (χ0n) is 11.0. The van der Waals surface area contributed by atoms with Crippen LogP contribution in [0.15, 0.2) is 35.0 Å². The summed E-state index contributed by atoms with van der Waals surface area (Å²) in [6, 6.07) is 3.45. The molecule has 114 valence electrons. The van der Waals surface area contributed by atoms with E-state index in [1.807, 2.05) is 12.2 Å². The van der Waals surface area contributed by atoms with Crippen molar-refractivity contribution in [2.45, 2.75) is 20.3 Å². The predicted octanol–water partition coefficient (Wildman–Crippen LogP) is 2.16. The molecule has 0 saturated carbocycles. The highest BCUT2D eigenvalue weighted by atomic mass is 16.3. The van der Waals surface area contributed by atoms with Gasteiger partial charge in [0.1, 0.15) is 0 Å². The summed E-state index contributed by atoms with van der Waals surface area (Å²) in [5, 5.41) is 6.67. The number of carbonyl (C=O) groups excluding carboxylic acids is 2. The molecular formula is C15H16N4O3. The number of furan rings is 1. The quantitative estimate of drug-likeness (QED) is 0.677. The molecule has 2 aromatic heterocycles. The SMILES string of the molecule is C.O=C1C2CC=CCC2C(=O)N1c1n[nH]c(-c2ccco2)n1. The van der Waals surface area contributed by atoms with E-state index in [0.717, 1.165) is 4.90 Å². The number of H-pyrrole nitrogens is 1. The van der Waals surface area contributed by atoms with Gasteiger partial charge in [-0.3, -0.25) is 14.7 Å². The Morgan fingerprint density at radius 1 is 1.18 bits per heavy atom. The number of rotatable bonds is 2. The molecule has 2 unspecified atom stereocenters. The van der Waals surface area contributed by atoms with Crippen molar-refractivity contribution in [1.82, 2.24) is 15.2 Å². The monoisotopic (exact) mass is 300 g/mol. The summed E-state index contributed by atoms with van der Waals surface area (Å²) in [5.74, 6) is -0.0267. The van der Waals surface area contributed by atoms with Crippen LogP contribution in [0.4, 0.5) is 5.95 Å². The van der Waals surface area contributed by atoms with Gasteiger partial charge in [-0.15, -0.1) is 5.10 Å². The van der Waals surface area contributed by atoms with Crippen LogP contribution >= 0.6 is 0 Å². The van der Waals surface area contributed by atoms with E-state index in [1.165, 1.54) is 6.26 Å². The van der Waals surface area contributed by atoms with Crippen LogP contribution in [0.2, 0.25) is 0 Å². The Morgan fingerprint density at radius 2 is 1.86 bits per heavy atom. The first-order valence-corrected chi connectivity index (χ1v) is 6.75. The number of amides is 2. The van der Waals surface area contributed by atoms with Gasteiger partial charge in [0.15, 0.2) is 11.6 Å². The minimum Gasteiger partial charge on any atom is -0.461 e. The summed E-state index contributed by atoms with van der Waals surface area (Å²) in [4.78, 5) is 30.1. The Morgan fingerprint density at radius 3 is 2.45 bits per heavy atom. The average Bonchev–Trinajstić information content (AvgIpc) is 3.21. The molecule has 2 aromatic rings. The van der Waals surface area contributed by atoms with E-state index in [9.17, 15) is 9.59 Å². The van der Waals surface area contributed by atoms with Crippen LogP contribution in [-0.2, 0) is 9.59 Å². The van der Waals surface area contributed by atoms with Gasteiger partial charge in [0.25, 0.3) is 5.95 Å². The first-order valence-electron chi connectivity index (χ1n) is 6.75. The number of aromatic amines is 1. The maximum atomic E-state index is 12.4. The molecule has 0 spiro atoms. The van der Waals surface area contributed by atoms with Crippen LogP contribution in [0.3, 0.4) is 0 Å². The highest BCUT2D eigenvalue weighted by molar-refractivity contribution is 6.21. The number of nitrogens with one attached hydrogen (secondary N) is 1. The van der Waals surface area contributed by atoms with Gasteiger partial charge in [0.05, 0.1) is 18.1 Å². The lowest BCUT2D eigenvalue weighted by Crippen LogP contribution is -2.31. The lowest BCUT2D eigenvalue weighted by molar-refractivity contribution is -0.122. The summed E-state index contributed by atoms with van der Waals surface area (Å²) < 4.78 is 5.21. The fraction of sp³-hybridized carbons (Fsp3) is 0.333. The molecule has 7 heteroatoms. The molecule has 0 aromatic carbocycles. The normalized spacial score (nSPS) is 23.5. The third kappa shape index (κ3) is 1.97. The number of hydrogen-bond donors (Lipinski definition) is 1. The molecule has 0 bridgehead atoms. The van der Waals surface area contributed by atoms with Gasteiger partial charge in [-0.2, -0.15) is 4.98 Å². The van der Waals surface area contributed by atoms with Crippen molar-refractivity contribution in [1.29, 1.82) is 0 Å². The van der Waals surface area contributed by atoms with Gasteiger partial charge in [0.2, 0.25) is 11.8 Å². The van der Waals surface area contributed by atoms with Crippen LogP contribution in [0, 0.1) is 11.8 Å². The summed E-state index contributed by atoms with van der Waals surface area (Å²) in [5.41, 5.74) is 0. The molecule has 0 radical (unpaired) electrons. The number of allylic oxidation sites excluding steroid dienone is 2. The number of hydrogen-bond acceptors (Lipinski definition) is 5. The summed E-state index contributed by atoms with van der Waals surface area (Å²) >= 11 is 0. The van der Waals surface area contributed by atoms with Crippen molar-refractivity contribution in [3.63, 3.8) is 0 Å². The smallest absolute Gasteiger partial charge is 0.258 e. The summed E-state index contributed by atoms with van der Waals surface area (Å²) in [7, 11) is 0. The lowest BCUT2D eigenvalue weighted by Gasteiger charge is -2.14. The van der Waals surface area contributed by atoms with Crippen LogP contribution in [0.1, 0.15) is 20.3 Å². The fourth-order valence-corrected chi connectivity index (χ4v) is 2.87. The summed E-state index contributed by atoms with van der Waals surface area (Å²) in [6.45, 7) is 0. The van der Waals surface area contributed by atoms with E-state index < -0.39 is 0 Å². The molecular weight excluding hydrogens is 284 g/mol. The lowest BCUT2D eigenvalue weighted by atomic mass is 9.85. The molecule has 7 nitrogen and oxygen atoms in total. The fourth-order valence-electron chi connectivity index (χ4n) is 2.87. The van der Waals surface area contributed by atoms with E-state index in [0.29, 0.717) is 24.4 Å². The van der Waals surface area contributed by atoms with Crippen molar-refractivity contribution in [2.75, 3.05) is 4.90 Å². The Hall–Kier alpha value is -2.70. The van der Waals surface area contributed by atoms with Crippen LogP contribution in [0.5, 0.6) is 0 Å². The first-order chi connectivity index (χ1) is 10.3. The predicted molar refractivity (Wildman–Crippen MR) is 78.7 cm³/mol. The minimum absolute atomic E-state index is 0. The van der Waals surface area contributed by atoms with Crippen molar-refractivity contribution in [3.05, 3.63) is 30.5 Å². The number of anilines is 1. The topological polar surface area (TPSA) is 92.1 Å². The molecule has 1 aliphatic heterocycles. The molecule has 3 heterocycles. The largest absolute Gasteiger partial charge is 0.461 e. The van der Waals surface area contributed by atoms with Gasteiger partial charge in [-0.05, 0) is 25.0 Å². The third-order valence-electron chi connectivity index (χ3n) is 3.94. The number of aromatic nitrogens is 3. The highest BCUT2D eigenvalue weighted by Gasteiger charge is 2.49. The van der Waals surface area contributed by atoms with Crippen molar-refractivity contribution >= 4 is 17.8 Å². The number of carbonyl (C=O) groups is 2. The van der Waals surface area contributed by atoms with Gasteiger partial charge < -0.3 is 4.42 Å². The standard InChI is InChI=1S/C14H12N4O3.CH4/c19-12-8-4-1-2-5-9(8)13(20)18(12)14-15-11(16-17-14)10-6-3-7-21-10;/h1-3,6-9H,4-5H2,(H,15,16,17);1H4. The second kappa shape index (κ2) is 5.25. The van der Waals surface area contributed by atoms with E-state index >= 15 is 0 Å². The second-order valence-corrected chi connectivity index (χ2v) is 5.13. The molecule has 1 fully saturated rings. The molecule has 2 amide bonds. The van der Waals surface area contributed by atoms with Crippen molar-refractivity contribution < 1.29 is 14.0 Å². The van der Waals surface area contributed by atoms with E-state index in [1.54, 1.807) is 12.1 Å². The Labute approximate surface area is 127 Å². The molecule has 1 N–H and O–H groups in total. The zero-order valence-corrected chi connectivity index (χ0v) is 11.0. The molecule has 1 aliphatic carbocycles. The van der Waals surface area contributed by atoms with Crippen LogP contribution in [0.25, 0.3) is 11.6 Å². The van der Waals surface area contributed by atoms with Gasteiger partial charge in [-0.1, -0.05) is 19.6 Å². The molecule has 2 atom stereocenters. The van der Waals surface area contributed by atoms with Gasteiger partial charge in [-0.25, -0.2) is 4.90 Å². The Bertz CT molecular complexity index is 706. The maximum absolute atomic E-state index is 12.4. The molecule has 22 heavy (non-hydrogen) atoms. The van der Waals surface area contributed by atoms with Gasteiger partial charge >= 0.3 is 0 Å². The Balaban J connectivity index is 0.00000144. The summed E-state index contributed by atoms with van der Waals surface area (Å²) in [6.07, 6.45) is 6.61. The third-order valence-corrected chi connectivity index (χ3v) is 3.94. The molecule has 4 rings (SSSR count). The zero-order chi connectivity index (χ0) is 14.4. The highest BCUT2D eigenvalue weighted by Crippen LogP contribution is 2.36. The number of fused-ring (bicyclic) bond motifs is 1. The first kappa shape index (κ1) is 14.2. The Kier molecular flexibility index (Phi) is 3.40. The van der Waals surface area contributed by atoms with Crippen molar-refractivity contribution in [2.24, 2.45) is 11.8 Å². The minimum atomic E-state index is -0.284. The number of nitrogens with zero attached hydrogens (tertiary/aromatic N) is 3. The molecule has 2 aliphatic rings. The average molecular weight is 300 g/mol. The molecule has 1 saturated heterocycles. The van der Waals surface area contributed by atoms with Crippen molar-refractivity contribution in [3.8, 4) is 11.6 Å².